The van der Waals surface area contributed by atoms with E-state index in [0.717, 1.165) is 18.4 Å². The number of carboxylic acids is 1. The van der Waals surface area contributed by atoms with Crippen molar-refractivity contribution in [1.82, 2.24) is 4.57 Å². The van der Waals surface area contributed by atoms with Gasteiger partial charge in [0.25, 0.3) is 5.91 Å². The normalized spacial score (nSPS) is 12.2. The second-order valence-corrected chi connectivity index (χ2v) is 7.54. The van der Waals surface area contributed by atoms with Gasteiger partial charge in [-0.3, -0.25) is 14.2 Å². The smallest absolute Gasteiger partial charge is 0.311 e. The van der Waals surface area contributed by atoms with Crippen molar-refractivity contribution in [2.24, 2.45) is 0 Å². The van der Waals surface area contributed by atoms with Crippen molar-refractivity contribution in [3.63, 3.8) is 0 Å². The Hall–Kier alpha value is -3.15. The van der Waals surface area contributed by atoms with Crippen LogP contribution in [0.3, 0.4) is 0 Å². The van der Waals surface area contributed by atoms with Crippen LogP contribution >= 0.6 is 0 Å². The molecular weight excluding hydrogens is 385 g/mol. The first kappa shape index (κ1) is 21.6. The van der Waals surface area contributed by atoms with Crippen LogP contribution in [0.4, 0.5) is 4.39 Å². The van der Waals surface area contributed by atoms with Crippen LogP contribution in [0.25, 0.3) is 10.9 Å². The zero-order chi connectivity index (χ0) is 22.0. The van der Waals surface area contributed by atoms with Gasteiger partial charge < -0.3 is 9.84 Å². The molecule has 0 aliphatic heterocycles. The molecule has 0 bridgehead atoms. The molecular formula is C24H26FNO4. The number of fused-ring (bicyclic) bond motifs is 1. The van der Waals surface area contributed by atoms with E-state index in [0.29, 0.717) is 34.1 Å². The Bertz CT molecular complexity index is 1100. The predicted octanol–water partition coefficient (Wildman–Crippen LogP) is 5.45. The number of rotatable bonds is 7. The van der Waals surface area contributed by atoms with Gasteiger partial charge in [0.1, 0.15) is 0 Å². The summed E-state index contributed by atoms with van der Waals surface area (Å²) < 4.78 is 21.1. The zero-order valence-electron chi connectivity index (χ0n) is 17.7. The van der Waals surface area contributed by atoms with Crippen molar-refractivity contribution in [3.8, 4) is 5.75 Å². The topological polar surface area (TPSA) is 68.5 Å². The molecule has 0 aliphatic carbocycles. The predicted molar refractivity (Wildman–Crippen MR) is 114 cm³/mol. The van der Waals surface area contributed by atoms with Gasteiger partial charge in [-0.25, -0.2) is 4.39 Å². The first-order valence-corrected chi connectivity index (χ1v) is 10.0. The maximum atomic E-state index is 14.6. The van der Waals surface area contributed by atoms with Gasteiger partial charge in [-0.2, -0.15) is 0 Å². The molecule has 5 nitrogen and oxygen atoms in total. The monoisotopic (exact) mass is 411 g/mol. The van der Waals surface area contributed by atoms with Crippen LogP contribution in [0.1, 0.15) is 59.3 Å². The van der Waals surface area contributed by atoms with E-state index in [1.165, 1.54) is 23.8 Å². The van der Waals surface area contributed by atoms with E-state index in [-0.39, 0.29) is 11.7 Å². The zero-order valence-corrected chi connectivity index (χ0v) is 17.7. The molecule has 1 unspecified atom stereocenters. The quantitative estimate of drug-likeness (QED) is 0.561. The molecule has 1 heterocycles. The molecule has 1 atom stereocenters. The summed E-state index contributed by atoms with van der Waals surface area (Å²) in [7, 11) is 1.36. The molecule has 30 heavy (non-hydrogen) atoms. The summed E-state index contributed by atoms with van der Waals surface area (Å²) in [6, 6.07) is 9.84. The molecule has 0 amide bonds. The Morgan fingerprint density at radius 1 is 1.17 bits per heavy atom. The van der Waals surface area contributed by atoms with Crippen LogP contribution in [-0.4, -0.2) is 28.7 Å². The standard InChI is InChI=1S/C24H26FNO4/c1-5-6-7-17(24(28)29)22-15(3)26(23(27)16-10-8-14(2)9-11-16)20-13-19(25)21(30-4)12-18(20)22/h8-13,17H,5-7H2,1-4H3,(H,28,29). The number of halogens is 1. The van der Waals surface area contributed by atoms with E-state index in [9.17, 15) is 19.1 Å². The number of carbonyl (C=O) groups is 2. The molecule has 6 heteroatoms. The van der Waals surface area contributed by atoms with Gasteiger partial charge in [0.2, 0.25) is 0 Å². The van der Waals surface area contributed by atoms with Crippen molar-refractivity contribution in [1.29, 1.82) is 0 Å². The fourth-order valence-electron chi connectivity index (χ4n) is 3.92. The molecule has 0 radical (unpaired) electrons. The lowest BCUT2D eigenvalue weighted by Crippen LogP contribution is -2.16. The van der Waals surface area contributed by atoms with E-state index >= 15 is 0 Å². The molecule has 1 N–H and O–H groups in total. The molecule has 0 saturated carbocycles. The van der Waals surface area contributed by atoms with Crippen LogP contribution < -0.4 is 4.74 Å². The van der Waals surface area contributed by atoms with Gasteiger partial charge in [0, 0.05) is 22.7 Å². The Balaban J connectivity index is 2.30. The third-order valence-electron chi connectivity index (χ3n) is 5.52. The maximum absolute atomic E-state index is 14.6. The number of methoxy groups -OCH3 is 1. The highest BCUT2D eigenvalue weighted by molar-refractivity contribution is 6.05. The minimum absolute atomic E-state index is 0.0170. The van der Waals surface area contributed by atoms with E-state index < -0.39 is 17.7 Å². The number of hydrogen-bond donors (Lipinski definition) is 1. The van der Waals surface area contributed by atoms with Crippen molar-refractivity contribution >= 4 is 22.8 Å². The Morgan fingerprint density at radius 2 is 1.83 bits per heavy atom. The molecule has 0 fully saturated rings. The molecule has 2 aromatic carbocycles. The molecule has 0 saturated heterocycles. The summed E-state index contributed by atoms with van der Waals surface area (Å²) in [5.74, 6) is -2.67. The molecule has 3 aromatic rings. The van der Waals surface area contributed by atoms with Gasteiger partial charge in [-0.1, -0.05) is 37.5 Å². The summed E-state index contributed by atoms with van der Waals surface area (Å²) in [5, 5.41) is 10.4. The van der Waals surface area contributed by atoms with Crippen LogP contribution in [0.5, 0.6) is 5.75 Å². The second-order valence-electron chi connectivity index (χ2n) is 7.54. The summed E-state index contributed by atoms with van der Waals surface area (Å²) in [5.41, 5.74) is 2.84. The first-order chi connectivity index (χ1) is 14.3. The minimum atomic E-state index is -0.961. The molecule has 3 rings (SSSR count). The van der Waals surface area contributed by atoms with E-state index in [1.54, 1.807) is 19.1 Å². The largest absolute Gasteiger partial charge is 0.494 e. The highest BCUT2D eigenvalue weighted by atomic mass is 19.1. The lowest BCUT2D eigenvalue weighted by Gasteiger charge is -2.14. The number of nitrogens with zero attached hydrogens (tertiary/aromatic N) is 1. The molecule has 158 valence electrons. The van der Waals surface area contributed by atoms with Crippen LogP contribution in [0.2, 0.25) is 0 Å². The van der Waals surface area contributed by atoms with E-state index in [4.69, 9.17) is 4.74 Å². The third kappa shape index (κ3) is 3.82. The number of carbonyl (C=O) groups excluding carboxylic acids is 1. The molecule has 1 aromatic heterocycles. The lowest BCUT2D eigenvalue weighted by atomic mass is 9.91. The summed E-state index contributed by atoms with van der Waals surface area (Å²) in [6.07, 6.45) is 2.01. The number of ether oxygens (including phenoxy) is 1. The average molecular weight is 411 g/mol. The average Bonchev–Trinajstić information content (AvgIpc) is 2.98. The van der Waals surface area contributed by atoms with Crippen molar-refractivity contribution in [2.75, 3.05) is 7.11 Å². The van der Waals surface area contributed by atoms with Crippen LogP contribution in [-0.2, 0) is 4.79 Å². The fraction of sp³-hybridized carbons (Fsp3) is 0.333. The van der Waals surface area contributed by atoms with Gasteiger partial charge in [-0.15, -0.1) is 0 Å². The van der Waals surface area contributed by atoms with Gasteiger partial charge in [-0.05, 0) is 44.0 Å². The minimum Gasteiger partial charge on any atom is -0.494 e. The Kier molecular flexibility index (Phi) is 6.25. The van der Waals surface area contributed by atoms with Crippen LogP contribution in [0, 0.1) is 19.7 Å². The first-order valence-electron chi connectivity index (χ1n) is 10.0. The number of hydrogen-bond acceptors (Lipinski definition) is 3. The Labute approximate surface area is 175 Å². The highest BCUT2D eigenvalue weighted by Gasteiger charge is 2.30. The van der Waals surface area contributed by atoms with Crippen molar-refractivity contribution < 1.29 is 23.8 Å². The second kappa shape index (κ2) is 8.69. The summed E-state index contributed by atoms with van der Waals surface area (Å²) in [4.78, 5) is 25.5. The maximum Gasteiger partial charge on any atom is 0.311 e. The SMILES string of the molecule is CCCCC(C(=O)O)c1c(C)n(C(=O)c2ccc(C)cc2)c2cc(F)c(OC)cc12. The van der Waals surface area contributed by atoms with Gasteiger partial charge >= 0.3 is 5.97 Å². The number of unbranched alkanes of at least 4 members (excludes halogenated alkanes) is 1. The van der Waals surface area contributed by atoms with Crippen molar-refractivity contribution in [2.45, 2.75) is 46.0 Å². The number of aromatic nitrogens is 1. The van der Waals surface area contributed by atoms with E-state index in [2.05, 4.69) is 0 Å². The number of aliphatic carboxylic acids is 1. The molecule has 0 aliphatic rings. The number of aryl methyl sites for hydroxylation is 1. The Morgan fingerprint density at radius 3 is 2.40 bits per heavy atom. The number of benzene rings is 2. The van der Waals surface area contributed by atoms with Crippen LogP contribution in [0.15, 0.2) is 36.4 Å². The fourth-order valence-corrected chi connectivity index (χ4v) is 3.92. The van der Waals surface area contributed by atoms with Gasteiger partial charge in [0.05, 0.1) is 18.5 Å². The number of carboxylic acid groups (broad SMARTS) is 1. The van der Waals surface area contributed by atoms with Gasteiger partial charge in [0.15, 0.2) is 11.6 Å². The van der Waals surface area contributed by atoms with E-state index in [1.807, 2.05) is 26.0 Å². The summed E-state index contributed by atoms with van der Waals surface area (Å²) in [6.45, 7) is 5.64. The lowest BCUT2D eigenvalue weighted by molar-refractivity contribution is -0.139. The summed E-state index contributed by atoms with van der Waals surface area (Å²) >= 11 is 0. The van der Waals surface area contributed by atoms with Crippen molar-refractivity contribution in [3.05, 3.63) is 64.6 Å². The highest BCUT2D eigenvalue weighted by Crippen LogP contribution is 2.38. The third-order valence-corrected chi connectivity index (χ3v) is 5.52. The molecule has 0 spiro atoms.